The zero-order valence-corrected chi connectivity index (χ0v) is 8.45. The molecule has 0 bridgehead atoms. The highest BCUT2D eigenvalue weighted by atomic mass is 16.3. The zero-order valence-electron chi connectivity index (χ0n) is 8.45. The van der Waals surface area contributed by atoms with E-state index in [-0.39, 0.29) is 6.10 Å². The molecule has 0 radical (unpaired) electrons. The molecule has 1 atom stereocenters. The lowest BCUT2D eigenvalue weighted by Crippen LogP contribution is -2.26. The van der Waals surface area contributed by atoms with E-state index >= 15 is 0 Å². The van der Waals surface area contributed by atoms with Gasteiger partial charge in [-0.3, -0.25) is 0 Å². The normalized spacial score (nSPS) is 13.7. The third kappa shape index (κ3) is 6.23. The predicted octanol–water partition coefficient (Wildman–Crippen LogP) is 2.00. The Hall–Kier alpha value is -0.500. The minimum Gasteiger partial charge on any atom is -0.392 e. The van der Waals surface area contributed by atoms with Crippen LogP contribution in [-0.4, -0.2) is 29.2 Å². The number of rotatable bonds is 6. The lowest BCUT2D eigenvalue weighted by Gasteiger charge is -2.20. The van der Waals surface area contributed by atoms with Crippen molar-refractivity contribution >= 4 is 0 Å². The average molecular weight is 171 g/mol. The fourth-order valence-electron chi connectivity index (χ4n) is 1.11. The van der Waals surface area contributed by atoms with Gasteiger partial charge in [0.05, 0.1) is 6.10 Å². The maximum absolute atomic E-state index is 9.17. The molecule has 1 N–H and O–H groups in total. The van der Waals surface area contributed by atoms with Crippen LogP contribution >= 0.6 is 0 Å². The number of allylic oxidation sites excluding steroid dienone is 1. The largest absolute Gasteiger partial charge is 0.392 e. The van der Waals surface area contributed by atoms with Crippen LogP contribution in [0.1, 0.15) is 33.6 Å². The summed E-state index contributed by atoms with van der Waals surface area (Å²) >= 11 is 0. The van der Waals surface area contributed by atoms with Crippen LogP contribution in [0.3, 0.4) is 0 Å². The summed E-state index contributed by atoms with van der Waals surface area (Å²) in [6.45, 7) is 7.85. The molecule has 1 unspecified atom stereocenters. The Morgan fingerprint density at radius 2 is 2.08 bits per heavy atom. The minimum atomic E-state index is -0.238. The van der Waals surface area contributed by atoms with Gasteiger partial charge in [0.1, 0.15) is 0 Å². The SMILES string of the molecule is CC/C=C/N(CCC)CC(C)O. The van der Waals surface area contributed by atoms with Gasteiger partial charge < -0.3 is 10.0 Å². The molecule has 72 valence electrons. The first-order valence-corrected chi connectivity index (χ1v) is 4.79. The van der Waals surface area contributed by atoms with Crippen molar-refractivity contribution in [1.82, 2.24) is 4.90 Å². The Bertz CT molecular complexity index is 121. The Morgan fingerprint density at radius 3 is 2.50 bits per heavy atom. The Labute approximate surface area is 75.9 Å². The molecule has 0 rings (SSSR count). The molecule has 0 saturated heterocycles. The van der Waals surface area contributed by atoms with Gasteiger partial charge in [-0.05, 0) is 26.0 Å². The van der Waals surface area contributed by atoms with Gasteiger partial charge in [-0.15, -0.1) is 0 Å². The first-order chi connectivity index (χ1) is 5.70. The van der Waals surface area contributed by atoms with Gasteiger partial charge in [-0.25, -0.2) is 0 Å². The topological polar surface area (TPSA) is 23.5 Å². The van der Waals surface area contributed by atoms with Crippen molar-refractivity contribution in [3.05, 3.63) is 12.3 Å². The fourth-order valence-corrected chi connectivity index (χ4v) is 1.11. The molecule has 12 heavy (non-hydrogen) atoms. The summed E-state index contributed by atoms with van der Waals surface area (Å²) in [5.74, 6) is 0. The van der Waals surface area contributed by atoms with E-state index < -0.39 is 0 Å². The van der Waals surface area contributed by atoms with Gasteiger partial charge in [0.2, 0.25) is 0 Å². The Morgan fingerprint density at radius 1 is 1.42 bits per heavy atom. The average Bonchev–Trinajstić information content (AvgIpc) is 2.00. The summed E-state index contributed by atoms with van der Waals surface area (Å²) in [4.78, 5) is 2.16. The summed E-state index contributed by atoms with van der Waals surface area (Å²) in [5, 5.41) is 9.17. The number of aliphatic hydroxyl groups is 1. The molecule has 0 heterocycles. The molecular formula is C10H21NO. The van der Waals surface area contributed by atoms with Gasteiger partial charge >= 0.3 is 0 Å². The number of nitrogens with zero attached hydrogens (tertiary/aromatic N) is 1. The van der Waals surface area contributed by atoms with Crippen molar-refractivity contribution in [1.29, 1.82) is 0 Å². The molecule has 0 aliphatic carbocycles. The predicted molar refractivity (Wildman–Crippen MR) is 53.0 cm³/mol. The van der Waals surface area contributed by atoms with Gasteiger partial charge in [0.25, 0.3) is 0 Å². The third-order valence-electron chi connectivity index (χ3n) is 1.56. The molecule has 2 heteroatoms. The van der Waals surface area contributed by atoms with Crippen LogP contribution in [0.25, 0.3) is 0 Å². The molecule has 0 spiro atoms. The van der Waals surface area contributed by atoms with E-state index in [9.17, 15) is 5.11 Å². The number of hydrogen-bond donors (Lipinski definition) is 1. The first-order valence-electron chi connectivity index (χ1n) is 4.79. The van der Waals surface area contributed by atoms with E-state index in [0.29, 0.717) is 0 Å². The Balaban J connectivity index is 3.77. The van der Waals surface area contributed by atoms with Gasteiger partial charge in [-0.1, -0.05) is 19.9 Å². The van der Waals surface area contributed by atoms with Crippen LogP contribution < -0.4 is 0 Å². The van der Waals surface area contributed by atoms with Crippen molar-refractivity contribution in [3.63, 3.8) is 0 Å². The second kappa shape index (κ2) is 7.17. The van der Waals surface area contributed by atoms with E-state index in [1.165, 1.54) is 0 Å². The van der Waals surface area contributed by atoms with Crippen LogP contribution in [0.15, 0.2) is 12.3 Å². The lowest BCUT2D eigenvalue weighted by atomic mass is 10.3. The molecule has 0 aromatic rings. The maximum Gasteiger partial charge on any atom is 0.0686 e. The summed E-state index contributed by atoms with van der Waals surface area (Å²) in [6, 6.07) is 0. The van der Waals surface area contributed by atoms with Crippen molar-refractivity contribution in [2.45, 2.75) is 39.7 Å². The van der Waals surface area contributed by atoms with Crippen LogP contribution in [0.4, 0.5) is 0 Å². The standard InChI is InChI=1S/C10H21NO/c1-4-6-8-11(7-5-2)9-10(3)12/h6,8,10,12H,4-5,7,9H2,1-3H3/b8-6+. The van der Waals surface area contributed by atoms with Crippen molar-refractivity contribution < 1.29 is 5.11 Å². The van der Waals surface area contributed by atoms with E-state index in [2.05, 4.69) is 31.0 Å². The van der Waals surface area contributed by atoms with Gasteiger partial charge in [0, 0.05) is 13.1 Å². The van der Waals surface area contributed by atoms with Crippen molar-refractivity contribution in [3.8, 4) is 0 Å². The monoisotopic (exact) mass is 171 g/mol. The van der Waals surface area contributed by atoms with Crippen LogP contribution in [-0.2, 0) is 0 Å². The molecule has 2 nitrogen and oxygen atoms in total. The lowest BCUT2D eigenvalue weighted by molar-refractivity contribution is 0.151. The summed E-state index contributed by atoms with van der Waals surface area (Å²) in [5.41, 5.74) is 0. The van der Waals surface area contributed by atoms with Crippen molar-refractivity contribution in [2.24, 2.45) is 0 Å². The number of aliphatic hydroxyl groups excluding tert-OH is 1. The highest BCUT2D eigenvalue weighted by molar-refractivity contribution is 4.81. The molecule has 0 aromatic carbocycles. The molecule has 0 aliphatic rings. The van der Waals surface area contributed by atoms with Gasteiger partial charge in [-0.2, -0.15) is 0 Å². The summed E-state index contributed by atoms with van der Waals surface area (Å²) in [6.07, 6.45) is 6.15. The van der Waals surface area contributed by atoms with E-state index in [1.807, 2.05) is 6.92 Å². The Kier molecular flexibility index (Phi) is 6.87. The zero-order chi connectivity index (χ0) is 9.40. The molecule has 0 amide bonds. The molecule has 0 aromatic heterocycles. The van der Waals surface area contributed by atoms with Crippen LogP contribution in [0.5, 0.6) is 0 Å². The third-order valence-corrected chi connectivity index (χ3v) is 1.56. The first kappa shape index (κ1) is 11.5. The second-order valence-electron chi connectivity index (χ2n) is 3.14. The molecule has 0 fully saturated rings. The summed E-state index contributed by atoms with van der Waals surface area (Å²) < 4.78 is 0. The smallest absolute Gasteiger partial charge is 0.0686 e. The van der Waals surface area contributed by atoms with E-state index in [0.717, 1.165) is 25.9 Å². The minimum absolute atomic E-state index is 0.238. The highest BCUT2D eigenvalue weighted by Crippen LogP contribution is 1.96. The van der Waals surface area contributed by atoms with E-state index in [1.54, 1.807) is 0 Å². The summed E-state index contributed by atoms with van der Waals surface area (Å²) in [7, 11) is 0. The van der Waals surface area contributed by atoms with Crippen molar-refractivity contribution in [2.75, 3.05) is 13.1 Å². The molecule has 0 aliphatic heterocycles. The highest BCUT2D eigenvalue weighted by Gasteiger charge is 2.01. The van der Waals surface area contributed by atoms with E-state index in [4.69, 9.17) is 0 Å². The van der Waals surface area contributed by atoms with Gasteiger partial charge in [0.15, 0.2) is 0 Å². The maximum atomic E-state index is 9.17. The molecular weight excluding hydrogens is 150 g/mol. The fraction of sp³-hybridized carbons (Fsp3) is 0.800. The van der Waals surface area contributed by atoms with Crippen LogP contribution in [0.2, 0.25) is 0 Å². The second-order valence-corrected chi connectivity index (χ2v) is 3.14. The van der Waals surface area contributed by atoms with Crippen LogP contribution in [0, 0.1) is 0 Å². The number of hydrogen-bond acceptors (Lipinski definition) is 2. The quantitative estimate of drug-likeness (QED) is 0.660. The molecule has 0 saturated carbocycles.